The maximum Gasteiger partial charge on any atom is 1.00 e. The van der Waals surface area contributed by atoms with Crippen molar-refractivity contribution in [1.29, 1.82) is 0 Å². The van der Waals surface area contributed by atoms with Gasteiger partial charge in [-0.05, 0) is 38.5 Å². The zero-order valence-electron chi connectivity index (χ0n) is 11.3. The molecule has 0 unspecified atom stereocenters. The monoisotopic (exact) mass is 374 g/mol. The zero-order chi connectivity index (χ0) is 15.5. The molecule has 1 aliphatic rings. The van der Waals surface area contributed by atoms with E-state index in [1.54, 1.807) is 0 Å². The second-order valence-corrected chi connectivity index (χ2v) is 5.42. The van der Waals surface area contributed by atoms with E-state index in [9.17, 15) is 13.2 Å². The second-order valence-electron chi connectivity index (χ2n) is 4.05. The Hall–Kier alpha value is -0.561. The van der Waals surface area contributed by atoms with Crippen molar-refractivity contribution in [2.75, 3.05) is 0 Å². The topological polar surface area (TPSA) is 57.2 Å². The molecule has 126 valence electrons. The molecule has 0 aliphatic heterocycles. The van der Waals surface area contributed by atoms with Gasteiger partial charge in [-0.15, -0.1) is 0 Å². The van der Waals surface area contributed by atoms with Crippen LogP contribution in [-0.2, 0) is 27.2 Å². The van der Waals surface area contributed by atoms with Crippen LogP contribution in [0.3, 0.4) is 0 Å². The molecule has 0 amide bonds. The largest absolute Gasteiger partial charge is 1.00 e. The zero-order valence-corrected chi connectivity index (χ0v) is 13.0. The third-order valence-electron chi connectivity index (χ3n) is 2.28. The predicted octanol–water partition coefficient (Wildman–Crippen LogP) is 4.06. The van der Waals surface area contributed by atoms with Gasteiger partial charge in [-0.1, -0.05) is 36.5 Å². The third kappa shape index (κ3) is 14.2. The van der Waals surface area contributed by atoms with Crippen molar-refractivity contribution in [3.63, 3.8) is 0 Å². The first-order valence-corrected chi connectivity index (χ1v) is 7.63. The molecule has 0 aromatic carbocycles. The fraction of sp³-hybridized carbons (Fsp3) is 0.538. The Morgan fingerprint density at radius 1 is 0.714 bits per heavy atom. The first kappa shape index (κ1) is 22.7. The molecular formula is C13H18CuF3O3S. The Labute approximate surface area is 134 Å². The van der Waals surface area contributed by atoms with E-state index >= 15 is 0 Å². The average molecular weight is 375 g/mol. The number of alkyl halides is 3. The Bertz CT molecular complexity index is 389. The van der Waals surface area contributed by atoms with Crippen LogP contribution in [0, 0.1) is 0 Å². The molecule has 0 N–H and O–H groups in total. The van der Waals surface area contributed by atoms with Gasteiger partial charge in [0.1, 0.15) is 0 Å². The first-order chi connectivity index (χ1) is 9.25. The Kier molecular flexibility index (Phi) is 13.0. The second kappa shape index (κ2) is 12.0. The van der Waals surface area contributed by atoms with Gasteiger partial charge in [0.25, 0.3) is 0 Å². The number of rotatable bonds is 0. The number of hydrogen-bond donors (Lipinski definition) is 0. The SMILES string of the molecule is C1=C\CC/C=C/CC/C=C\CC/1.O=S(=O)([O-])C(F)(F)F.[Cu+]. The fourth-order valence-electron chi connectivity index (χ4n) is 1.28. The molecule has 0 radical (unpaired) electrons. The minimum Gasteiger partial charge on any atom is -0.741 e. The number of hydrogen-bond acceptors (Lipinski definition) is 3. The van der Waals surface area contributed by atoms with E-state index in [4.69, 9.17) is 13.0 Å². The molecule has 0 fully saturated rings. The van der Waals surface area contributed by atoms with Gasteiger partial charge in [-0.25, -0.2) is 8.42 Å². The number of halogens is 3. The van der Waals surface area contributed by atoms with Crippen LogP contribution in [0.15, 0.2) is 36.5 Å². The molecule has 0 heterocycles. The minimum absolute atomic E-state index is 0. The molecule has 1 rings (SSSR count). The summed E-state index contributed by atoms with van der Waals surface area (Å²) < 4.78 is 58.9. The Morgan fingerprint density at radius 2 is 0.857 bits per heavy atom. The van der Waals surface area contributed by atoms with E-state index in [1.807, 2.05) is 0 Å². The van der Waals surface area contributed by atoms with Crippen LogP contribution in [0.2, 0.25) is 0 Å². The summed E-state index contributed by atoms with van der Waals surface area (Å²) in [4.78, 5) is 0. The maximum absolute atomic E-state index is 10.7. The van der Waals surface area contributed by atoms with Gasteiger partial charge in [0.15, 0.2) is 10.1 Å². The molecule has 8 heteroatoms. The summed E-state index contributed by atoms with van der Waals surface area (Å²) in [6.45, 7) is 0. The average Bonchev–Trinajstić information content (AvgIpc) is 2.27. The summed E-state index contributed by atoms with van der Waals surface area (Å²) >= 11 is 0. The summed E-state index contributed by atoms with van der Waals surface area (Å²) in [7, 11) is -6.09. The molecule has 0 aromatic rings. The maximum atomic E-state index is 10.7. The van der Waals surface area contributed by atoms with Gasteiger partial charge in [0.05, 0.1) is 0 Å². The van der Waals surface area contributed by atoms with Crippen LogP contribution in [-0.4, -0.2) is 18.5 Å². The molecule has 0 spiro atoms. The smallest absolute Gasteiger partial charge is 0.741 e. The normalized spacial score (nSPS) is 21.3. The van der Waals surface area contributed by atoms with Crippen molar-refractivity contribution >= 4 is 10.1 Å². The van der Waals surface area contributed by atoms with Crippen molar-refractivity contribution in [2.45, 2.75) is 44.0 Å². The van der Waals surface area contributed by atoms with Crippen LogP contribution in [0.25, 0.3) is 0 Å². The summed E-state index contributed by atoms with van der Waals surface area (Å²) in [5.74, 6) is 0. The van der Waals surface area contributed by atoms with Crippen LogP contribution < -0.4 is 0 Å². The Balaban J connectivity index is 0. The molecule has 0 saturated carbocycles. The standard InChI is InChI=1S/C12H18.CHF3O3S.Cu/c1-2-4-6-8-10-12-11-9-7-5-3-1;2-1(3,4)8(5,6)7;/h1-2,7-10H,3-6,11-12H2;(H,5,6,7);/q;;+1/p-1/b2-1-,9-7-,10-8+;;. The molecule has 1 aliphatic carbocycles. The van der Waals surface area contributed by atoms with Crippen molar-refractivity contribution in [3.8, 4) is 0 Å². The number of allylic oxidation sites excluding steroid dienone is 6. The van der Waals surface area contributed by atoms with E-state index in [-0.39, 0.29) is 17.1 Å². The van der Waals surface area contributed by atoms with Crippen LogP contribution in [0.5, 0.6) is 0 Å². The quantitative estimate of drug-likeness (QED) is 0.278. The van der Waals surface area contributed by atoms with Crippen molar-refractivity contribution < 1.29 is 43.2 Å². The van der Waals surface area contributed by atoms with Crippen molar-refractivity contribution in [3.05, 3.63) is 36.5 Å². The molecule has 0 saturated heterocycles. The van der Waals surface area contributed by atoms with E-state index in [2.05, 4.69) is 36.5 Å². The predicted molar refractivity (Wildman–Crippen MR) is 70.9 cm³/mol. The van der Waals surface area contributed by atoms with Gasteiger partial charge in [0, 0.05) is 0 Å². The van der Waals surface area contributed by atoms with E-state index in [1.165, 1.54) is 38.5 Å². The first-order valence-electron chi connectivity index (χ1n) is 6.22. The van der Waals surface area contributed by atoms with Crippen LogP contribution in [0.1, 0.15) is 38.5 Å². The van der Waals surface area contributed by atoms with Gasteiger partial charge in [0.2, 0.25) is 0 Å². The Morgan fingerprint density at radius 3 is 0.952 bits per heavy atom. The molecule has 21 heavy (non-hydrogen) atoms. The molecule has 0 bridgehead atoms. The van der Waals surface area contributed by atoms with Crippen molar-refractivity contribution in [1.82, 2.24) is 0 Å². The molecular weight excluding hydrogens is 357 g/mol. The van der Waals surface area contributed by atoms with Crippen molar-refractivity contribution in [2.24, 2.45) is 0 Å². The molecule has 3 nitrogen and oxygen atoms in total. The van der Waals surface area contributed by atoms with Crippen LogP contribution >= 0.6 is 0 Å². The van der Waals surface area contributed by atoms with E-state index < -0.39 is 15.6 Å². The fourth-order valence-corrected chi connectivity index (χ4v) is 1.28. The van der Waals surface area contributed by atoms with Crippen LogP contribution in [0.4, 0.5) is 13.2 Å². The summed E-state index contributed by atoms with van der Waals surface area (Å²) in [6.07, 6.45) is 21.0. The van der Waals surface area contributed by atoms with E-state index in [0.717, 1.165) is 0 Å². The summed E-state index contributed by atoms with van der Waals surface area (Å²) in [5, 5.41) is 0. The van der Waals surface area contributed by atoms with Gasteiger partial charge in [-0.2, -0.15) is 13.2 Å². The van der Waals surface area contributed by atoms with E-state index in [0.29, 0.717) is 0 Å². The molecule has 0 atom stereocenters. The summed E-state index contributed by atoms with van der Waals surface area (Å²) in [6, 6.07) is 0. The third-order valence-corrected chi connectivity index (χ3v) is 2.85. The summed E-state index contributed by atoms with van der Waals surface area (Å²) in [5.41, 5.74) is -5.65. The van der Waals surface area contributed by atoms with Gasteiger partial charge in [-0.3, -0.25) is 0 Å². The van der Waals surface area contributed by atoms with Gasteiger partial charge >= 0.3 is 22.6 Å². The minimum atomic E-state index is -6.09. The van der Waals surface area contributed by atoms with Gasteiger partial charge < -0.3 is 4.55 Å². The molecule has 0 aromatic heterocycles.